The lowest BCUT2D eigenvalue weighted by Crippen LogP contribution is -2.43. The van der Waals surface area contributed by atoms with Gasteiger partial charge in [-0.15, -0.1) is 0 Å². The predicted molar refractivity (Wildman–Crippen MR) is 135 cm³/mol. The molecular weight excluding hydrogens is 509 g/mol. The Hall–Kier alpha value is -2.59. The third kappa shape index (κ3) is 6.29. The first-order chi connectivity index (χ1) is 17.7. The van der Waals surface area contributed by atoms with Gasteiger partial charge in [0, 0.05) is 42.4 Å². The number of aliphatic hydroxyl groups is 2. The van der Waals surface area contributed by atoms with Crippen LogP contribution in [0.25, 0.3) is 10.9 Å². The van der Waals surface area contributed by atoms with Crippen LogP contribution < -0.4 is 9.47 Å². The molecule has 200 valence electrons. The molecule has 2 N–H and O–H groups in total. The van der Waals surface area contributed by atoms with Gasteiger partial charge in [0.05, 0.1) is 23.8 Å². The Morgan fingerprint density at radius 2 is 1.81 bits per heavy atom. The van der Waals surface area contributed by atoms with Crippen molar-refractivity contribution in [3.8, 4) is 11.5 Å². The number of methoxy groups -OCH3 is 1. The van der Waals surface area contributed by atoms with Crippen LogP contribution in [0.2, 0.25) is 5.02 Å². The minimum Gasteiger partial charge on any atom is -0.497 e. The van der Waals surface area contributed by atoms with E-state index in [4.69, 9.17) is 21.1 Å². The van der Waals surface area contributed by atoms with E-state index < -0.39 is 23.6 Å². The summed E-state index contributed by atoms with van der Waals surface area (Å²) in [5.41, 5.74) is 0.967. The van der Waals surface area contributed by atoms with E-state index in [1.807, 2.05) is 12.1 Å². The molecule has 2 heterocycles. The van der Waals surface area contributed by atoms with Crippen LogP contribution in [0.15, 0.2) is 36.5 Å². The predicted octanol–water partition coefficient (Wildman–Crippen LogP) is 5.28. The molecule has 10 heteroatoms. The number of halogens is 4. The topological polar surface area (TPSA) is 75.0 Å². The molecule has 0 aliphatic carbocycles. The Kier molecular flexibility index (Phi) is 8.79. The third-order valence-corrected chi connectivity index (χ3v) is 7.54. The highest BCUT2D eigenvalue weighted by molar-refractivity contribution is 6.32. The van der Waals surface area contributed by atoms with E-state index in [2.05, 4.69) is 9.88 Å². The summed E-state index contributed by atoms with van der Waals surface area (Å²) in [4.78, 5) is 6.47. The van der Waals surface area contributed by atoms with E-state index in [-0.39, 0.29) is 24.4 Å². The molecule has 1 aliphatic heterocycles. The highest BCUT2D eigenvalue weighted by atomic mass is 35.5. The standard InChI is InChI=1S/C27H30ClF3N2O4/c1-36-17-2-3-23-19(12-17)25(20(28)15-32-23)24(35)4-5-27(16-34)6-8-33(9-7-27)10-11-37-18-13-21(29)26(31)22(30)14-18/h2-3,12-15,24,34-35H,4-11,16H2,1H3/t24-/m0/s1. The van der Waals surface area contributed by atoms with Gasteiger partial charge in [-0.1, -0.05) is 11.6 Å². The zero-order chi connectivity index (χ0) is 26.6. The van der Waals surface area contributed by atoms with Crippen LogP contribution in [0.3, 0.4) is 0 Å². The van der Waals surface area contributed by atoms with Crippen LogP contribution in [0.4, 0.5) is 13.2 Å². The number of piperidine rings is 1. The summed E-state index contributed by atoms with van der Waals surface area (Å²) in [6, 6.07) is 7.08. The molecule has 2 aromatic carbocycles. The Labute approximate surface area is 218 Å². The lowest BCUT2D eigenvalue weighted by Gasteiger charge is -2.41. The number of aliphatic hydroxyl groups excluding tert-OH is 2. The van der Waals surface area contributed by atoms with Crippen molar-refractivity contribution in [2.45, 2.75) is 31.8 Å². The highest BCUT2D eigenvalue weighted by Gasteiger charge is 2.34. The first-order valence-corrected chi connectivity index (χ1v) is 12.5. The summed E-state index contributed by atoms with van der Waals surface area (Å²) >= 11 is 6.43. The van der Waals surface area contributed by atoms with Crippen LogP contribution in [0.5, 0.6) is 11.5 Å². The lowest BCUT2D eigenvalue weighted by atomic mass is 9.74. The molecule has 6 nitrogen and oxygen atoms in total. The van der Waals surface area contributed by atoms with E-state index in [0.29, 0.717) is 67.2 Å². The van der Waals surface area contributed by atoms with Crippen LogP contribution >= 0.6 is 11.6 Å². The van der Waals surface area contributed by atoms with E-state index in [1.165, 1.54) is 6.20 Å². The summed E-state index contributed by atoms with van der Waals surface area (Å²) in [6.45, 7) is 2.10. The number of hydrogen-bond acceptors (Lipinski definition) is 6. The zero-order valence-corrected chi connectivity index (χ0v) is 21.3. The van der Waals surface area contributed by atoms with Crippen molar-refractivity contribution in [3.05, 3.63) is 64.6 Å². The minimum absolute atomic E-state index is 0.00313. The molecule has 1 fully saturated rings. The second kappa shape index (κ2) is 11.9. The molecule has 37 heavy (non-hydrogen) atoms. The molecule has 0 unspecified atom stereocenters. The number of aromatic nitrogens is 1. The number of fused-ring (bicyclic) bond motifs is 1. The van der Waals surface area contributed by atoms with Crippen LogP contribution in [-0.2, 0) is 0 Å². The van der Waals surface area contributed by atoms with Gasteiger partial charge in [0.1, 0.15) is 18.1 Å². The Balaban J connectivity index is 1.32. The first kappa shape index (κ1) is 27.4. The minimum atomic E-state index is -1.52. The van der Waals surface area contributed by atoms with Gasteiger partial charge in [0.2, 0.25) is 0 Å². The van der Waals surface area contributed by atoms with Crippen molar-refractivity contribution >= 4 is 22.5 Å². The van der Waals surface area contributed by atoms with Crippen molar-refractivity contribution in [1.29, 1.82) is 0 Å². The third-order valence-electron chi connectivity index (χ3n) is 7.24. The maximum Gasteiger partial charge on any atom is 0.194 e. The molecule has 3 aromatic rings. The molecule has 0 bridgehead atoms. The molecule has 0 saturated carbocycles. The quantitative estimate of drug-likeness (QED) is 0.342. The van der Waals surface area contributed by atoms with E-state index in [0.717, 1.165) is 17.5 Å². The van der Waals surface area contributed by atoms with Crippen LogP contribution in [0.1, 0.15) is 37.4 Å². The molecule has 1 saturated heterocycles. The van der Waals surface area contributed by atoms with E-state index in [9.17, 15) is 23.4 Å². The molecule has 0 amide bonds. The average molecular weight is 539 g/mol. The van der Waals surface area contributed by atoms with E-state index >= 15 is 0 Å². The molecular formula is C27H30ClF3N2O4. The number of benzene rings is 2. The largest absolute Gasteiger partial charge is 0.497 e. The van der Waals surface area contributed by atoms with Gasteiger partial charge in [-0.3, -0.25) is 9.88 Å². The van der Waals surface area contributed by atoms with Gasteiger partial charge in [0.25, 0.3) is 0 Å². The summed E-state index contributed by atoms with van der Waals surface area (Å²) in [6.07, 6.45) is 3.15. The smallest absolute Gasteiger partial charge is 0.194 e. The molecule has 0 radical (unpaired) electrons. The number of likely N-dealkylation sites (tertiary alicyclic amines) is 1. The second-order valence-corrected chi connectivity index (χ2v) is 9.91. The molecule has 1 aliphatic rings. The van der Waals surface area contributed by atoms with Crippen molar-refractivity contribution < 1.29 is 32.9 Å². The fourth-order valence-electron chi connectivity index (χ4n) is 4.87. The second-order valence-electron chi connectivity index (χ2n) is 9.51. The number of nitrogens with zero attached hydrogens (tertiary/aromatic N) is 2. The monoisotopic (exact) mass is 538 g/mol. The Bertz CT molecular complexity index is 1210. The summed E-state index contributed by atoms with van der Waals surface area (Å²) in [5.74, 6) is -3.52. The average Bonchev–Trinajstić information content (AvgIpc) is 2.90. The van der Waals surface area contributed by atoms with Gasteiger partial charge in [-0.25, -0.2) is 13.2 Å². The Morgan fingerprint density at radius 3 is 2.46 bits per heavy atom. The summed E-state index contributed by atoms with van der Waals surface area (Å²) in [5, 5.41) is 22.4. The van der Waals surface area contributed by atoms with Crippen molar-refractivity contribution in [1.82, 2.24) is 9.88 Å². The summed E-state index contributed by atoms with van der Waals surface area (Å²) in [7, 11) is 1.57. The van der Waals surface area contributed by atoms with Crippen molar-refractivity contribution in [2.75, 3.05) is 40.0 Å². The van der Waals surface area contributed by atoms with Crippen molar-refractivity contribution in [2.24, 2.45) is 5.41 Å². The van der Waals surface area contributed by atoms with Crippen LogP contribution in [-0.4, -0.2) is 60.1 Å². The number of ether oxygens (including phenoxy) is 2. The van der Waals surface area contributed by atoms with Gasteiger partial charge in [-0.2, -0.15) is 0 Å². The lowest BCUT2D eigenvalue weighted by molar-refractivity contribution is 0.0205. The number of rotatable bonds is 10. The zero-order valence-electron chi connectivity index (χ0n) is 20.5. The highest BCUT2D eigenvalue weighted by Crippen LogP contribution is 2.40. The van der Waals surface area contributed by atoms with Gasteiger partial charge in [0.15, 0.2) is 17.5 Å². The molecule has 1 aromatic heterocycles. The van der Waals surface area contributed by atoms with Gasteiger partial charge < -0.3 is 19.7 Å². The fraction of sp³-hybridized carbons (Fsp3) is 0.444. The maximum atomic E-state index is 13.4. The molecule has 1 atom stereocenters. The molecule has 0 spiro atoms. The van der Waals surface area contributed by atoms with Gasteiger partial charge in [-0.05, 0) is 62.4 Å². The fourth-order valence-corrected chi connectivity index (χ4v) is 5.14. The summed E-state index contributed by atoms with van der Waals surface area (Å²) < 4.78 is 50.5. The SMILES string of the molecule is COc1ccc2ncc(Cl)c([C@@H](O)CCC3(CO)CCN(CCOc4cc(F)c(F)c(F)c4)CC3)c2c1. The van der Waals surface area contributed by atoms with Crippen LogP contribution in [0, 0.1) is 22.9 Å². The Morgan fingerprint density at radius 1 is 1.11 bits per heavy atom. The van der Waals surface area contributed by atoms with E-state index in [1.54, 1.807) is 13.2 Å². The molecule has 4 rings (SSSR count). The number of hydrogen-bond donors (Lipinski definition) is 2. The van der Waals surface area contributed by atoms with Crippen molar-refractivity contribution in [3.63, 3.8) is 0 Å². The first-order valence-electron chi connectivity index (χ1n) is 12.2. The number of pyridine rings is 1. The van der Waals surface area contributed by atoms with Gasteiger partial charge >= 0.3 is 0 Å². The normalized spacial score (nSPS) is 16.6. The maximum absolute atomic E-state index is 13.4.